The molecule has 0 aliphatic carbocycles. The Bertz CT molecular complexity index is 1110. The van der Waals surface area contributed by atoms with E-state index in [0.717, 1.165) is 17.7 Å². The Balaban J connectivity index is 1.38. The molecule has 4 nitrogen and oxygen atoms in total. The summed E-state index contributed by atoms with van der Waals surface area (Å²) < 4.78 is 15.2. The van der Waals surface area contributed by atoms with Crippen LogP contribution in [0.1, 0.15) is 22.3 Å². The number of carbonyl (C=O) groups excluding carboxylic acids is 2. The van der Waals surface area contributed by atoms with Gasteiger partial charge in [0.25, 0.3) is 0 Å². The van der Waals surface area contributed by atoms with Crippen molar-refractivity contribution in [2.75, 3.05) is 0 Å². The van der Waals surface area contributed by atoms with E-state index in [2.05, 4.69) is 48.5 Å². The molecule has 0 heterocycles. The van der Waals surface area contributed by atoms with Crippen molar-refractivity contribution in [3.05, 3.63) is 156 Å². The fourth-order valence-electron chi connectivity index (χ4n) is 4.36. The monoisotopic (exact) mass is 720 g/mol. The molecule has 0 aliphatic heterocycles. The maximum atomic E-state index is 12.8. The van der Waals surface area contributed by atoms with Crippen LogP contribution < -0.4 is 0 Å². The van der Waals surface area contributed by atoms with Crippen LogP contribution in [-0.4, -0.2) is 52.3 Å². The van der Waals surface area contributed by atoms with Crippen LogP contribution in [0.25, 0.3) is 0 Å². The van der Waals surface area contributed by atoms with Crippen molar-refractivity contribution in [3.8, 4) is 0 Å². The third-order valence-corrected chi connectivity index (χ3v) is 20.0. The van der Waals surface area contributed by atoms with Gasteiger partial charge in [-0.05, 0) is 0 Å². The predicted octanol–water partition coefficient (Wildman–Crippen LogP) is 5.20. The molecule has 0 amide bonds. The van der Waals surface area contributed by atoms with Gasteiger partial charge < -0.3 is 0 Å². The van der Waals surface area contributed by atoms with Crippen LogP contribution in [0.4, 0.5) is 0 Å². The summed E-state index contributed by atoms with van der Waals surface area (Å²) in [6, 6.07) is 40.6. The van der Waals surface area contributed by atoms with Gasteiger partial charge in [0.1, 0.15) is 0 Å². The topological polar surface area (TPSA) is 52.6 Å². The normalized spacial score (nSPS) is 11.1. The minimum absolute atomic E-state index is 0.451. The van der Waals surface area contributed by atoms with Gasteiger partial charge in [-0.3, -0.25) is 0 Å². The van der Waals surface area contributed by atoms with E-state index in [1.54, 1.807) is 0 Å². The quantitative estimate of drug-likeness (QED) is 0.149. The Morgan fingerprint density at radius 3 is 0.921 bits per heavy atom. The minimum atomic E-state index is -2.80. The Morgan fingerprint density at radius 2 is 0.684 bits per heavy atom. The van der Waals surface area contributed by atoms with Gasteiger partial charge >= 0.3 is 242 Å². The molecule has 0 fully saturated rings. The van der Waals surface area contributed by atoms with Crippen LogP contribution in [0, 0.1) is 0 Å². The van der Waals surface area contributed by atoms with Gasteiger partial charge in [0.05, 0.1) is 0 Å². The van der Waals surface area contributed by atoms with Crippen molar-refractivity contribution >= 4 is 52.3 Å². The molecule has 0 atom stereocenters. The molecule has 0 bridgehead atoms. The van der Waals surface area contributed by atoms with Crippen molar-refractivity contribution in [3.63, 3.8) is 0 Å². The summed E-state index contributed by atoms with van der Waals surface area (Å²) in [5.74, 6) is -0.903. The van der Waals surface area contributed by atoms with Crippen LogP contribution in [0.15, 0.2) is 133 Å². The summed E-state index contributed by atoms with van der Waals surface area (Å²) in [5, 5.41) is 0. The molecule has 0 unspecified atom stereocenters. The Morgan fingerprint density at radius 1 is 0.447 bits per heavy atom. The fourth-order valence-corrected chi connectivity index (χ4v) is 17.6. The standard InChI is InChI=1S/4C7H7.C4H4O4.2Sn.2H/c4*1-7-5-3-2-4-6-7;5-3(6)1-2-4(7)8;;;;/h4*2-6H,1H2;1-2H,(H,5,6)(H,7,8);;;;/q;;;;;2*+1;;/p-2/b;;;;2-1-;;;;. The Hall–Kier alpha value is -2.84. The third-order valence-electron chi connectivity index (χ3n) is 6.15. The first-order valence-electron chi connectivity index (χ1n) is 12.9. The van der Waals surface area contributed by atoms with E-state index >= 15 is 0 Å². The molecule has 4 aromatic carbocycles. The zero-order valence-electron chi connectivity index (χ0n) is 21.3. The molecule has 0 saturated heterocycles. The molecule has 38 heavy (non-hydrogen) atoms. The molecule has 4 aromatic rings. The van der Waals surface area contributed by atoms with E-state index in [1.807, 2.05) is 72.8 Å². The number of carbonyl (C=O) groups is 2. The molecule has 0 spiro atoms. The Kier molecular flexibility index (Phi) is 11.5. The second-order valence-electron chi connectivity index (χ2n) is 9.21. The van der Waals surface area contributed by atoms with Crippen LogP contribution in [-0.2, 0) is 33.5 Å². The van der Waals surface area contributed by atoms with Gasteiger partial charge in [-0.2, -0.15) is 0 Å². The third kappa shape index (κ3) is 10.1. The van der Waals surface area contributed by atoms with Crippen LogP contribution >= 0.6 is 0 Å². The molecule has 6 heteroatoms. The number of hydrogen-bond acceptors (Lipinski definition) is 4. The van der Waals surface area contributed by atoms with Gasteiger partial charge in [0.15, 0.2) is 0 Å². The van der Waals surface area contributed by atoms with E-state index in [9.17, 15) is 9.59 Å². The first-order chi connectivity index (χ1) is 18.6. The molecule has 4 rings (SSSR count). The van der Waals surface area contributed by atoms with E-state index in [4.69, 9.17) is 6.15 Å². The number of benzene rings is 4. The summed E-state index contributed by atoms with van der Waals surface area (Å²) in [5.41, 5.74) is 4.72. The summed E-state index contributed by atoms with van der Waals surface area (Å²) in [6.45, 7) is 0. The van der Waals surface area contributed by atoms with Crippen LogP contribution in [0.3, 0.4) is 0 Å². The number of hydrogen-bond donors (Lipinski definition) is 0. The molecular formula is C32H32O4Sn2. The first-order valence-corrected chi connectivity index (χ1v) is 24.9. The summed E-state index contributed by atoms with van der Waals surface area (Å²) in [4.78, 5) is 25.5. The van der Waals surface area contributed by atoms with Gasteiger partial charge in [0, 0.05) is 0 Å². The SMILES string of the molecule is O=C(/C=C\C(=O)[O][SnH]([CH2]c1ccccc1)[CH2]c1ccccc1)[O][SnH]([CH2]c1ccccc1)[CH2]c1ccccc1. The number of rotatable bonds is 12. The van der Waals surface area contributed by atoms with Crippen molar-refractivity contribution < 1.29 is 15.7 Å². The van der Waals surface area contributed by atoms with Gasteiger partial charge in [-0.1, -0.05) is 0 Å². The second kappa shape index (κ2) is 15.5. The summed E-state index contributed by atoms with van der Waals surface area (Å²) in [6.07, 6.45) is 2.49. The van der Waals surface area contributed by atoms with Gasteiger partial charge in [0.2, 0.25) is 0 Å². The van der Waals surface area contributed by atoms with Crippen molar-refractivity contribution in [1.82, 2.24) is 0 Å². The summed E-state index contributed by atoms with van der Waals surface area (Å²) >= 11 is -5.60. The molecular weight excluding hydrogens is 686 g/mol. The van der Waals surface area contributed by atoms with Gasteiger partial charge in [-0.15, -0.1) is 0 Å². The van der Waals surface area contributed by atoms with E-state index < -0.39 is 52.3 Å². The molecule has 192 valence electrons. The Labute approximate surface area is 239 Å². The zero-order chi connectivity index (χ0) is 26.4. The molecule has 0 radical (unpaired) electrons. The van der Waals surface area contributed by atoms with Gasteiger partial charge in [-0.25, -0.2) is 0 Å². The molecule has 0 N–H and O–H groups in total. The summed E-state index contributed by atoms with van der Waals surface area (Å²) in [7, 11) is 0. The molecule has 0 aliphatic rings. The van der Waals surface area contributed by atoms with E-state index in [-0.39, 0.29) is 0 Å². The molecule has 0 saturated carbocycles. The first kappa shape index (κ1) is 28.2. The average molecular weight is 718 g/mol. The predicted molar refractivity (Wildman–Crippen MR) is 156 cm³/mol. The van der Waals surface area contributed by atoms with Crippen molar-refractivity contribution in [2.45, 2.75) is 17.7 Å². The second-order valence-corrected chi connectivity index (χ2v) is 22.3. The van der Waals surface area contributed by atoms with Crippen molar-refractivity contribution in [2.24, 2.45) is 0 Å². The van der Waals surface area contributed by atoms with Crippen LogP contribution in [0.5, 0.6) is 0 Å². The molecule has 0 aromatic heterocycles. The van der Waals surface area contributed by atoms with Crippen LogP contribution in [0.2, 0.25) is 0 Å². The van der Waals surface area contributed by atoms with Crippen molar-refractivity contribution in [1.29, 1.82) is 0 Å². The van der Waals surface area contributed by atoms with E-state index in [1.165, 1.54) is 34.4 Å². The van der Waals surface area contributed by atoms with E-state index in [0.29, 0.717) is 0 Å². The zero-order valence-corrected chi connectivity index (χ0v) is 27.9. The average Bonchev–Trinajstić information content (AvgIpc) is 2.94. The maximum absolute atomic E-state index is 12.8. The fraction of sp³-hybridized carbons (Fsp3) is 0.125.